The summed E-state index contributed by atoms with van der Waals surface area (Å²) in [5, 5.41) is 5.48. The Hall–Kier alpha value is -1.61. The topological polar surface area (TPSA) is 47.9 Å². The number of guanidine groups is 1. The number of carbonyl (C=O) groups excluding carboxylic acids is 1. The van der Waals surface area contributed by atoms with Gasteiger partial charge < -0.3 is 15.1 Å². The Labute approximate surface area is 177 Å². The van der Waals surface area contributed by atoms with Gasteiger partial charge in [-0.3, -0.25) is 9.79 Å². The minimum atomic E-state index is 0. The number of carbonyl (C=O) groups is 1. The average Bonchev–Trinajstić information content (AvgIpc) is 3.13. The highest BCUT2D eigenvalue weighted by Crippen LogP contribution is 2.10. The maximum atomic E-state index is 11.9. The third-order valence-corrected chi connectivity index (χ3v) is 4.84. The maximum absolute atomic E-state index is 11.9. The molecule has 0 fully saturated rings. The molecule has 0 atom stereocenters. The Morgan fingerprint density at radius 3 is 2.38 bits per heavy atom. The summed E-state index contributed by atoms with van der Waals surface area (Å²) in [6, 6.07) is 11.9. The van der Waals surface area contributed by atoms with Crippen molar-refractivity contribution in [3.05, 3.63) is 57.8 Å². The number of likely N-dealkylation sites (N-methyl/N-ethyl adjacent to an activating group) is 1. The number of nitrogens with one attached hydrogen (secondary N) is 1. The Balaban J connectivity index is 0.00000338. The zero-order valence-corrected chi connectivity index (χ0v) is 18.9. The minimum absolute atomic E-state index is 0. The molecule has 1 heterocycles. The Morgan fingerprint density at radius 1 is 1.15 bits per heavy atom. The van der Waals surface area contributed by atoms with Gasteiger partial charge in [0.1, 0.15) is 0 Å². The second-order valence-corrected chi connectivity index (χ2v) is 7.08. The molecule has 5 nitrogen and oxygen atoms in total. The van der Waals surface area contributed by atoms with Crippen LogP contribution in [0.15, 0.2) is 46.8 Å². The van der Waals surface area contributed by atoms with E-state index in [1.54, 1.807) is 37.4 Å². The van der Waals surface area contributed by atoms with E-state index in [0.29, 0.717) is 12.1 Å². The van der Waals surface area contributed by atoms with Crippen molar-refractivity contribution in [2.45, 2.75) is 13.0 Å². The van der Waals surface area contributed by atoms with Crippen molar-refractivity contribution in [3.8, 4) is 0 Å². The van der Waals surface area contributed by atoms with Crippen LogP contribution in [-0.4, -0.2) is 56.4 Å². The summed E-state index contributed by atoms with van der Waals surface area (Å²) in [6.45, 7) is 1.59. The van der Waals surface area contributed by atoms with Gasteiger partial charge in [0.05, 0.1) is 0 Å². The fraction of sp³-hybridized carbons (Fsp3) is 0.368. The van der Waals surface area contributed by atoms with E-state index in [1.807, 2.05) is 31.3 Å². The fourth-order valence-electron chi connectivity index (χ4n) is 2.43. The van der Waals surface area contributed by atoms with Crippen LogP contribution >= 0.6 is 35.3 Å². The number of hydrogen-bond donors (Lipinski definition) is 1. The molecule has 26 heavy (non-hydrogen) atoms. The van der Waals surface area contributed by atoms with Gasteiger partial charge in [0.2, 0.25) is 0 Å². The van der Waals surface area contributed by atoms with Crippen LogP contribution < -0.4 is 5.32 Å². The number of nitrogens with zero attached hydrogens (tertiary/aromatic N) is 3. The number of thiophene rings is 1. The summed E-state index contributed by atoms with van der Waals surface area (Å²) in [4.78, 5) is 21.3. The van der Waals surface area contributed by atoms with Crippen LogP contribution in [0, 0.1) is 0 Å². The first-order valence-corrected chi connectivity index (χ1v) is 9.14. The molecule has 0 bridgehead atoms. The van der Waals surface area contributed by atoms with Crippen LogP contribution in [0.25, 0.3) is 0 Å². The molecule has 0 aliphatic heterocycles. The first-order valence-electron chi connectivity index (χ1n) is 8.26. The van der Waals surface area contributed by atoms with Crippen LogP contribution in [0.1, 0.15) is 20.8 Å². The number of benzene rings is 1. The maximum Gasteiger partial charge on any atom is 0.253 e. The van der Waals surface area contributed by atoms with Crippen molar-refractivity contribution in [3.63, 3.8) is 0 Å². The molecule has 0 radical (unpaired) electrons. The van der Waals surface area contributed by atoms with Crippen molar-refractivity contribution in [2.75, 3.05) is 34.7 Å². The highest BCUT2D eigenvalue weighted by Gasteiger charge is 2.09. The summed E-state index contributed by atoms with van der Waals surface area (Å²) in [5.41, 5.74) is 1.81. The molecule has 142 valence electrons. The van der Waals surface area contributed by atoms with E-state index in [1.165, 1.54) is 4.88 Å². The summed E-state index contributed by atoms with van der Waals surface area (Å²) in [5.74, 6) is 0.883. The van der Waals surface area contributed by atoms with E-state index in [4.69, 9.17) is 0 Å². The molecule has 7 heteroatoms. The Morgan fingerprint density at radius 2 is 1.85 bits per heavy atom. The van der Waals surface area contributed by atoms with E-state index >= 15 is 0 Å². The monoisotopic (exact) mass is 486 g/mol. The number of amides is 1. The molecule has 1 aromatic carbocycles. The van der Waals surface area contributed by atoms with Crippen LogP contribution in [0.4, 0.5) is 0 Å². The molecule has 2 rings (SSSR count). The number of rotatable bonds is 6. The van der Waals surface area contributed by atoms with Gasteiger partial charge in [-0.2, -0.15) is 0 Å². The molecule has 0 spiro atoms. The SMILES string of the molecule is CN=C(NCc1ccc(C(=O)N(C)C)cc1)N(C)CCc1cccs1.I. The van der Waals surface area contributed by atoms with E-state index in [9.17, 15) is 4.79 Å². The predicted molar refractivity (Wildman–Crippen MR) is 121 cm³/mol. The second-order valence-electron chi connectivity index (χ2n) is 6.05. The van der Waals surface area contributed by atoms with Crippen molar-refractivity contribution in [1.82, 2.24) is 15.1 Å². The number of aliphatic imine (C=N–C) groups is 1. The van der Waals surface area contributed by atoms with Gasteiger partial charge in [-0.15, -0.1) is 35.3 Å². The van der Waals surface area contributed by atoms with Crippen molar-refractivity contribution < 1.29 is 4.79 Å². The van der Waals surface area contributed by atoms with Gasteiger partial charge in [0, 0.05) is 51.7 Å². The van der Waals surface area contributed by atoms with Gasteiger partial charge >= 0.3 is 0 Å². The summed E-state index contributed by atoms with van der Waals surface area (Å²) >= 11 is 1.78. The molecule has 0 aliphatic carbocycles. The number of halogens is 1. The molecule has 0 saturated carbocycles. The number of hydrogen-bond acceptors (Lipinski definition) is 3. The van der Waals surface area contributed by atoms with Crippen LogP contribution in [0.2, 0.25) is 0 Å². The molecular weight excluding hydrogens is 459 g/mol. The van der Waals surface area contributed by atoms with Crippen LogP contribution in [0.3, 0.4) is 0 Å². The highest BCUT2D eigenvalue weighted by atomic mass is 127. The van der Waals surface area contributed by atoms with Gasteiger partial charge in [-0.25, -0.2) is 0 Å². The molecule has 1 N–H and O–H groups in total. The summed E-state index contributed by atoms with van der Waals surface area (Å²) in [6.07, 6.45) is 1.01. The first-order chi connectivity index (χ1) is 12.0. The molecular formula is C19H27IN4OS. The standard InChI is InChI=1S/C19H26N4OS.HI/c1-20-19(23(4)12-11-17-6-5-13-25-17)21-14-15-7-9-16(10-8-15)18(24)22(2)3;/h5-10,13H,11-12,14H2,1-4H3,(H,20,21);1H. The Kier molecular flexibility index (Phi) is 9.64. The molecule has 2 aromatic rings. The fourth-order valence-corrected chi connectivity index (χ4v) is 3.13. The molecule has 1 amide bonds. The van der Waals surface area contributed by atoms with E-state index in [2.05, 4.69) is 32.7 Å². The van der Waals surface area contributed by atoms with Crippen molar-refractivity contribution in [1.29, 1.82) is 0 Å². The highest BCUT2D eigenvalue weighted by molar-refractivity contribution is 14.0. The zero-order chi connectivity index (χ0) is 18.2. The smallest absolute Gasteiger partial charge is 0.253 e. The second kappa shape index (κ2) is 11.2. The molecule has 0 unspecified atom stereocenters. The predicted octanol–water partition coefficient (Wildman–Crippen LogP) is 3.32. The summed E-state index contributed by atoms with van der Waals surface area (Å²) in [7, 11) is 7.35. The van der Waals surface area contributed by atoms with E-state index in [0.717, 1.165) is 24.5 Å². The van der Waals surface area contributed by atoms with Crippen LogP contribution in [-0.2, 0) is 13.0 Å². The largest absolute Gasteiger partial charge is 0.352 e. The van der Waals surface area contributed by atoms with Gasteiger partial charge in [0.25, 0.3) is 5.91 Å². The third kappa shape index (κ3) is 6.60. The van der Waals surface area contributed by atoms with Gasteiger partial charge in [0.15, 0.2) is 5.96 Å². The molecule has 0 saturated heterocycles. The molecule has 0 aliphatic rings. The minimum Gasteiger partial charge on any atom is -0.352 e. The van der Waals surface area contributed by atoms with Crippen molar-refractivity contribution in [2.24, 2.45) is 4.99 Å². The van der Waals surface area contributed by atoms with Gasteiger partial charge in [-0.1, -0.05) is 18.2 Å². The third-order valence-electron chi connectivity index (χ3n) is 3.90. The lowest BCUT2D eigenvalue weighted by molar-refractivity contribution is 0.0827. The first kappa shape index (κ1) is 22.4. The summed E-state index contributed by atoms with van der Waals surface area (Å²) < 4.78 is 0. The van der Waals surface area contributed by atoms with Gasteiger partial charge in [-0.05, 0) is 35.6 Å². The van der Waals surface area contributed by atoms with Crippen molar-refractivity contribution >= 4 is 47.2 Å². The average molecular weight is 486 g/mol. The van der Waals surface area contributed by atoms with E-state index in [-0.39, 0.29) is 29.9 Å². The van der Waals surface area contributed by atoms with Crippen LogP contribution in [0.5, 0.6) is 0 Å². The Bertz CT molecular complexity index is 699. The lowest BCUT2D eigenvalue weighted by Gasteiger charge is -2.22. The van der Waals surface area contributed by atoms with E-state index < -0.39 is 0 Å². The molecule has 1 aromatic heterocycles. The quantitative estimate of drug-likeness (QED) is 0.387. The lowest BCUT2D eigenvalue weighted by Crippen LogP contribution is -2.39. The lowest BCUT2D eigenvalue weighted by atomic mass is 10.1. The zero-order valence-electron chi connectivity index (χ0n) is 15.7. The normalized spacial score (nSPS) is 10.8.